The third-order valence-electron chi connectivity index (χ3n) is 3.96. The molecule has 1 amide bonds. The molecule has 0 saturated carbocycles. The molecule has 0 aromatic heterocycles. The zero-order valence-corrected chi connectivity index (χ0v) is 12.1. The monoisotopic (exact) mass is 261 g/mol. The second-order valence-electron chi connectivity index (χ2n) is 5.51. The number of ether oxygens (including phenoxy) is 1. The molecule has 1 aliphatic rings. The van der Waals surface area contributed by atoms with Gasteiger partial charge in [-0.15, -0.1) is 0 Å². The molecule has 1 aliphatic heterocycles. The smallest absolute Gasteiger partial charge is 0.253 e. The minimum Gasteiger partial charge on any atom is -0.384 e. The molecule has 1 unspecified atom stereocenters. The van der Waals surface area contributed by atoms with Crippen molar-refractivity contribution in [2.75, 3.05) is 26.8 Å². The van der Waals surface area contributed by atoms with Crippen molar-refractivity contribution in [2.45, 2.75) is 26.7 Å². The Balaban J connectivity index is 2.08. The van der Waals surface area contributed by atoms with Gasteiger partial charge in [0.05, 0.1) is 6.61 Å². The summed E-state index contributed by atoms with van der Waals surface area (Å²) in [6.45, 7) is 6.55. The number of nitrogens with zero attached hydrogens (tertiary/aromatic N) is 1. The average Bonchev–Trinajstić information content (AvgIpc) is 2.42. The van der Waals surface area contributed by atoms with Crippen molar-refractivity contribution in [2.24, 2.45) is 5.92 Å². The quantitative estimate of drug-likeness (QED) is 0.837. The van der Waals surface area contributed by atoms with Crippen molar-refractivity contribution in [3.8, 4) is 0 Å². The van der Waals surface area contributed by atoms with E-state index in [1.165, 1.54) is 11.1 Å². The van der Waals surface area contributed by atoms with Crippen LogP contribution in [0.15, 0.2) is 18.2 Å². The molecule has 0 spiro atoms. The fourth-order valence-corrected chi connectivity index (χ4v) is 2.68. The standard InChI is InChI=1S/C16H23NO2/c1-12-6-7-15(9-13(12)2)16(18)17-8-4-5-14(10-17)11-19-3/h6-7,9,14H,4-5,8,10-11H2,1-3H3. The van der Waals surface area contributed by atoms with Gasteiger partial charge in [0.15, 0.2) is 0 Å². The zero-order valence-electron chi connectivity index (χ0n) is 12.1. The van der Waals surface area contributed by atoms with E-state index >= 15 is 0 Å². The summed E-state index contributed by atoms with van der Waals surface area (Å²) in [7, 11) is 1.73. The Morgan fingerprint density at radius 3 is 2.84 bits per heavy atom. The summed E-state index contributed by atoms with van der Waals surface area (Å²) in [5.41, 5.74) is 3.21. The Hall–Kier alpha value is -1.35. The largest absolute Gasteiger partial charge is 0.384 e. The SMILES string of the molecule is COCC1CCCN(C(=O)c2ccc(C)c(C)c2)C1. The number of likely N-dealkylation sites (tertiary alicyclic amines) is 1. The molecular weight excluding hydrogens is 238 g/mol. The van der Waals surface area contributed by atoms with Gasteiger partial charge in [-0.3, -0.25) is 4.79 Å². The summed E-state index contributed by atoms with van der Waals surface area (Å²) in [5, 5.41) is 0. The lowest BCUT2D eigenvalue weighted by molar-refractivity contribution is 0.0571. The van der Waals surface area contributed by atoms with Crippen LogP contribution >= 0.6 is 0 Å². The van der Waals surface area contributed by atoms with Gasteiger partial charge in [-0.2, -0.15) is 0 Å². The predicted molar refractivity (Wildman–Crippen MR) is 76.4 cm³/mol. The van der Waals surface area contributed by atoms with Crippen LogP contribution in [0.4, 0.5) is 0 Å². The minimum atomic E-state index is 0.156. The first-order valence-corrected chi connectivity index (χ1v) is 6.97. The highest BCUT2D eigenvalue weighted by molar-refractivity contribution is 5.94. The van der Waals surface area contributed by atoms with Gasteiger partial charge >= 0.3 is 0 Å². The van der Waals surface area contributed by atoms with E-state index < -0.39 is 0 Å². The van der Waals surface area contributed by atoms with Crippen LogP contribution in [0.3, 0.4) is 0 Å². The number of amides is 1. The van der Waals surface area contributed by atoms with Crippen molar-refractivity contribution >= 4 is 5.91 Å². The highest BCUT2D eigenvalue weighted by atomic mass is 16.5. The van der Waals surface area contributed by atoms with Crippen LogP contribution in [0.2, 0.25) is 0 Å². The van der Waals surface area contributed by atoms with Crippen molar-refractivity contribution in [1.82, 2.24) is 4.90 Å². The number of benzene rings is 1. The summed E-state index contributed by atoms with van der Waals surface area (Å²) in [4.78, 5) is 14.5. The maximum absolute atomic E-state index is 12.5. The first kappa shape index (κ1) is 14.1. The first-order chi connectivity index (χ1) is 9.11. The fourth-order valence-electron chi connectivity index (χ4n) is 2.68. The predicted octanol–water partition coefficient (Wildman–Crippen LogP) is 2.80. The summed E-state index contributed by atoms with van der Waals surface area (Å²) in [5.74, 6) is 0.637. The van der Waals surface area contributed by atoms with E-state index in [2.05, 4.69) is 13.8 Å². The van der Waals surface area contributed by atoms with E-state index in [0.29, 0.717) is 5.92 Å². The Labute approximate surface area is 115 Å². The van der Waals surface area contributed by atoms with Crippen LogP contribution in [0.5, 0.6) is 0 Å². The van der Waals surface area contributed by atoms with E-state index in [0.717, 1.165) is 38.1 Å². The Kier molecular flexibility index (Phi) is 4.59. The van der Waals surface area contributed by atoms with Crippen molar-refractivity contribution in [1.29, 1.82) is 0 Å². The van der Waals surface area contributed by atoms with Crippen LogP contribution in [0.25, 0.3) is 0 Å². The van der Waals surface area contributed by atoms with E-state index in [4.69, 9.17) is 4.74 Å². The molecule has 1 fully saturated rings. The maximum Gasteiger partial charge on any atom is 0.253 e. The lowest BCUT2D eigenvalue weighted by Gasteiger charge is -2.32. The molecule has 1 atom stereocenters. The Bertz CT molecular complexity index is 454. The number of piperidine rings is 1. The van der Waals surface area contributed by atoms with Gasteiger partial charge in [-0.25, -0.2) is 0 Å². The molecule has 3 heteroatoms. The summed E-state index contributed by atoms with van der Waals surface area (Å²) < 4.78 is 5.21. The third-order valence-corrected chi connectivity index (χ3v) is 3.96. The van der Waals surface area contributed by atoms with Crippen molar-refractivity contribution < 1.29 is 9.53 Å². The number of methoxy groups -OCH3 is 1. The molecular formula is C16H23NO2. The summed E-state index contributed by atoms with van der Waals surface area (Å²) in [6, 6.07) is 5.96. The van der Waals surface area contributed by atoms with Crippen molar-refractivity contribution in [3.05, 3.63) is 34.9 Å². The molecule has 3 nitrogen and oxygen atoms in total. The number of carbonyl (C=O) groups is 1. The number of hydrogen-bond acceptors (Lipinski definition) is 2. The minimum absolute atomic E-state index is 0.156. The molecule has 0 aliphatic carbocycles. The molecule has 0 radical (unpaired) electrons. The van der Waals surface area contributed by atoms with Gasteiger partial charge in [0.2, 0.25) is 0 Å². The molecule has 1 aromatic carbocycles. The Morgan fingerprint density at radius 2 is 2.16 bits per heavy atom. The Morgan fingerprint density at radius 1 is 1.37 bits per heavy atom. The van der Waals surface area contributed by atoms with Gasteiger partial charge in [0.1, 0.15) is 0 Å². The average molecular weight is 261 g/mol. The van der Waals surface area contributed by atoms with Gasteiger partial charge in [-0.1, -0.05) is 6.07 Å². The van der Waals surface area contributed by atoms with Gasteiger partial charge in [-0.05, 0) is 55.9 Å². The van der Waals surface area contributed by atoms with Crippen LogP contribution in [-0.2, 0) is 4.74 Å². The molecule has 1 heterocycles. The van der Waals surface area contributed by atoms with Crippen LogP contribution in [0, 0.1) is 19.8 Å². The topological polar surface area (TPSA) is 29.5 Å². The van der Waals surface area contributed by atoms with Crippen LogP contribution < -0.4 is 0 Å². The number of hydrogen-bond donors (Lipinski definition) is 0. The van der Waals surface area contributed by atoms with Crippen molar-refractivity contribution in [3.63, 3.8) is 0 Å². The number of aryl methyl sites for hydroxylation is 2. The van der Waals surface area contributed by atoms with E-state index in [1.807, 2.05) is 23.1 Å². The maximum atomic E-state index is 12.5. The van der Waals surface area contributed by atoms with Gasteiger partial charge in [0, 0.05) is 25.8 Å². The molecule has 0 bridgehead atoms. The highest BCUT2D eigenvalue weighted by Gasteiger charge is 2.24. The normalized spacial score (nSPS) is 19.5. The van der Waals surface area contributed by atoms with Gasteiger partial charge < -0.3 is 9.64 Å². The lowest BCUT2D eigenvalue weighted by Crippen LogP contribution is -2.41. The molecule has 19 heavy (non-hydrogen) atoms. The van der Waals surface area contributed by atoms with E-state index in [-0.39, 0.29) is 5.91 Å². The van der Waals surface area contributed by atoms with Crippen LogP contribution in [-0.4, -0.2) is 37.6 Å². The molecule has 104 valence electrons. The molecule has 0 N–H and O–H groups in total. The first-order valence-electron chi connectivity index (χ1n) is 6.97. The van der Waals surface area contributed by atoms with E-state index in [9.17, 15) is 4.79 Å². The second-order valence-corrected chi connectivity index (χ2v) is 5.51. The molecule has 1 saturated heterocycles. The van der Waals surface area contributed by atoms with E-state index in [1.54, 1.807) is 7.11 Å². The summed E-state index contributed by atoms with van der Waals surface area (Å²) in [6.07, 6.45) is 2.23. The van der Waals surface area contributed by atoms with Gasteiger partial charge in [0.25, 0.3) is 5.91 Å². The number of rotatable bonds is 3. The molecule has 1 aromatic rings. The third kappa shape index (κ3) is 3.35. The second kappa shape index (κ2) is 6.20. The summed E-state index contributed by atoms with van der Waals surface area (Å²) >= 11 is 0. The molecule has 2 rings (SSSR count). The van der Waals surface area contributed by atoms with Crippen LogP contribution in [0.1, 0.15) is 34.3 Å². The lowest BCUT2D eigenvalue weighted by atomic mass is 9.97. The number of carbonyl (C=O) groups excluding carboxylic acids is 1. The fraction of sp³-hybridized carbons (Fsp3) is 0.562. The zero-order chi connectivity index (χ0) is 13.8. The highest BCUT2D eigenvalue weighted by Crippen LogP contribution is 2.20.